The molecule has 0 saturated heterocycles. The lowest BCUT2D eigenvalue weighted by Gasteiger charge is -2.38. The molecular formula is C17H35N4PS. The molecule has 0 bridgehead atoms. The first-order chi connectivity index (χ1) is 10.8. The van der Waals surface area contributed by atoms with Gasteiger partial charge in [0, 0.05) is 44.5 Å². The standard InChI is InChI=1S/C17H35N4PS/c1-9-18(10-2)22(19(11-3)12-4)16-13-20(14(5)6)17(23)21(16)15(7)8/h13-15H,9-12H2,1-8H3. The number of nitrogens with zero attached hydrogens (tertiary/aromatic N) is 4. The molecule has 1 aromatic heterocycles. The van der Waals surface area contributed by atoms with Crippen molar-refractivity contribution in [2.24, 2.45) is 0 Å². The van der Waals surface area contributed by atoms with Gasteiger partial charge in [-0.3, -0.25) is 9.34 Å². The second-order valence-corrected chi connectivity index (χ2v) is 8.84. The van der Waals surface area contributed by atoms with E-state index in [4.69, 9.17) is 12.2 Å². The van der Waals surface area contributed by atoms with E-state index in [0.717, 1.165) is 31.0 Å². The van der Waals surface area contributed by atoms with E-state index < -0.39 is 8.22 Å². The van der Waals surface area contributed by atoms with Crippen molar-refractivity contribution in [3.63, 3.8) is 0 Å². The summed E-state index contributed by atoms with van der Waals surface area (Å²) in [6.07, 6.45) is 2.31. The van der Waals surface area contributed by atoms with Crippen molar-refractivity contribution in [2.75, 3.05) is 26.2 Å². The predicted molar refractivity (Wildman–Crippen MR) is 106 cm³/mol. The van der Waals surface area contributed by atoms with E-state index >= 15 is 0 Å². The molecule has 0 atom stereocenters. The van der Waals surface area contributed by atoms with Crippen LogP contribution in [0.3, 0.4) is 0 Å². The van der Waals surface area contributed by atoms with Crippen molar-refractivity contribution in [1.82, 2.24) is 18.5 Å². The first-order valence-corrected chi connectivity index (χ1v) is 10.6. The van der Waals surface area contributed by atoms with Crippen LogP contribution < -0.4 is 5.44 Å². The zero-order valence-electron chi connectivity index (χ0n) is 16.2. The summed E-state index contributed by atoms with van der Waals surface area (Å²) < 4.78 is 10.8. The third-order valence-corrected chi connectivity index (χ3v) is 7.55. The summed E-state index contributed by atoms with van der Waals surface area (Å²) >= 11 is 5.80. The van der Waals surface area contributed by atoms with Gasteiger partial charge in [-0.05, 0) is 39.9 Å². The van der Waals surface area contributed by atoms with Crippen molar-refractivity contribution in [3.05, 3.63) is 11.0 Å². The Balaban J connectivity index is 3.57. The van der Waals surface area contributed by atoms with Gasteiger partial charge >= 0.3 is 0 Å². The van der Waals surface area contributed by atoms with Crippen molar-refractivity contribution in [3.8, 4) is 0 Å². The van der Waals surface area contributed by atoms with Crippen LogP contribution in [0.4, 0.5) is 0 Å². The third-order valence-electron chi connectivity index (χ3n) is 4.20. The highest BCUT2D eigenvalue weighted by Gasteiger charge is 2.29. The van der Waals surface area contributed by atoms with Crippen LogP contribution in [0, 0.1) is 4.77 Å². The second kappa shape index (κ2) is 9.31. The van der Waals surface area contributed by atoms with Gasteiger partial charge in [-0.15, -0.1) is 0 Å². The SMILES string of the molecule is CCN(CC)P(c1cn(C(C)C)c(=S)n1C(C)C)N(CC)CC. The molecule has 4 nitrogen and oxygen atoms in total. The van der Waals surface area contributed by atoms with Gasteiger partial charge in [-0.1, -0.05) is 27.7 Å². The molecule has 0 fully saturated rings. The third kappa shape index (κ3) is 4.45. The maximum atomic E-state index is 5.80. The minimum atomic E-state index is -0.514. The molecule has 23 heavy (non-hydrogen) atoms. The summed E-state index contributed by atoms with van der Waals surface area (Å²) in [6.45, 7) is 22.2. The minimum Gasteiger partial charge on any atom is -0.320 e. The highest BCUT2D eigenvalue weighted by Crippen LogP contribution is 2.43. The molecule has 1 aromatic rings. The Bertz CT molecular complexity index is 515. The largest absolute Gasteiger partial charge is 0.320 e. The Morgan fingerprint density at radius 1 is 0.913 bits per heavy atom. The summed E-state index contributed by atoms with van der Waals surface area (Å²) in [5.74, 6) is 0. The van der Waals surface area contributed by atoms with E-state index in [1.54, 1.807) is 0 Å². The molecule has 0 amide bonds. The monoisotopic (exact) mass is 358 g/mol. The molecule has 1 rings (SSSR count). The molecule has 0 unspecified atom stereocenters. The average Bonchev–Trinajstić information content (AvgIpc) is 2.85. The van der Waals surface area contributed by atoms with Gasteiger partial charge < -0.3 is 9.13 Å². The van der Waals surface area contributed by atoms with Crippen molar-refractivity contribution >= 4 is 25.9 Å². The molecule has 0 aliphatic rings. The van der Waals surface area contributed by atoms with Crippen molar-refractivity contribution < 1.29 is 0 Å². The number of rotatable bonds is 9. The van der Waals surface area contributed by atoms with Gasteiger partial charge in [-0.2, -0.15) is 0 Å². The van der Waals surface area contributed by atoms with Crippen LogP contribution in [0.1, 0.15) is 67.5 Å². The van der Waals surface area contributed by atoms with E-state index in [1.807, 2.05) is 0 Å². The molecule has 134 valence electrons. The molecule has 0 radical (unpaired) electrons. The average molecular weight is 359 g/mol. The summed E-state index contributed by atoms with van der Waals surface area (Å²) in [5, 5.41) is 0. The Kier molecular flexibility index (Phi) is 8.43. The Labute approximate surface area is 149 Å². The first-order valence-electron chi connectivity index (χ1n) is 8.96. The lowest BCUT2D eigenvalue weighted by molar-refractivity contribution is 0.427. The Hall–Kier alpha value is -0.220. The quantitative estimate of drug-likeness (QED) is 0.466. The van der Waals surface area contributed by atoms with Crippen LogP contribution in [0.25, 0.3) is 0 Å². The van der Waals surface area contributed by atoms with Gasteiger partial charge in [0.1, 0.15) is 0 Å². The molecule has 6 heteroatoms. The lowest BCUT2D eigenvalue weighted by Crippen LogP contribution is -2.36. The lowest BCUT2D eigenvalue weighted by atomic mass is 10.4. The van der Waals surface area contributed by atoms with Crippen molar-refractivity contribution in [2.45, 2.75) is 67.5 Å². The second-order valence-electron chi connectivity index (χ2n) is 6.30. The van der Waals surface area contributed by atoms with E-state index in [-0.39, 0.29) is 0 Å². The highest BCUT2D eigenvalue weighted by molar-refractivity contribution is 7.71. The van der Waals surface area contributed by atoms with E-state index in [1.165, 1.54) is 5.44 Å². The Morgan fingerprint density at radius 3 is 1.65 bits per heavy atom. The topological polar surface area (TPSA) is 16.3 Å². The number of imidazole rings is 1. The van der Waals surface area contributed by atoms with Crippen LogP contribution in [0.5, 0.6) is 0 Å². The molecule has 1 heterocycles. The van der Waals surface area contributed by atoms with Gasteiger partial charge in [0.25, 0.3) is 0 Å². The molecular weight excluding hydrogens is 323 g/mol. The fourth-order valence-corrected chi connectivity index (χ4v) is 6.31. The molecule has 0 aromatic carbocycles. The maximum absolute atomic E-state index is 5.80. The first kappa shape index (κ1) is 20.8. The van der Waals surface area contributed by atoms with Crippen LogP contribution in [-0.4, -0.2) is 44.7 Å². The van der Waals surface area contributed by atoms with E-state index in [9.17, 15) is 0 Å². The molecule has 0 saturated carbocycles. The zero-order valence-corrected chi connectivity index (χ0v) is 17.9. The molecule has 0 aliphatic heterocycles. The van der Waals surface area contributed by atoms with Crippen molar-refractivity contribution in [1.29, 1.82) is 0 Å². The summed E-state index contributed by atoms with van der Waals surface area (Å²) in [7, 11) is -0.514. The highest BCUT2D eigenvalue weighted by atomic mass is 32.1. The minimum absolute atomic E-state index is 0.383. The molecule has 0 spiro atoms. The summed E-state index contributed by atoms with van der Waals surface area (Å²) in [4.78, 5) is 0. The van der Waals surface area contributed by atoms with Crippen LogP contribution in [0.15, 0.2) is 6.20 Å². The molecule has 0 aliphatic carbocycles. The van der Waals surface area contributed by atoms with Crippen LogP contribution in [0.2, 0.25) is 0 Å². The number of hydrogen-bond acceptors (Lipinski definition) is 3. The van der Waals surface area contributed by atoms with Crippen LogP contribution >= 0.6 is 20.4 Å². The van der Waals surface area contributed by atoms with Crippen LogP contribution in [-0.2, 0) is 0 Å². The van der Waals surface area contributed by atoms with Gasteiger partial charge in [0.05, 0.1) is 13.7 Å². The van der Waals surface area contributed by atoms with Gasteiger partial charge in [0.2, 0.25) is 0 Å². The number of aromatic nitrogens is 2. The maximum Gasteiger partial charge on any atom is 0.180 e. The summed E-state index contributed by atoms with van der Waals surface area (Å²) in [6, 6.07) is 0.778. The predicted octanol–water partition coefficient (Wildman–Crippen LogP) is 4.80. The normalized spacial score (nSPS) is 12.6. The number of hydrogen-bond donors (Lipinski definition) is 0. The fourth-order valence-electron chi connectivity index (χ4n) is 2.92. The van der Waals surface area contributed by atoms with Gasteiger partial charge in [0.15, 0.2) is 4.77 Å². The Morgan fingerprint density at radius 2 is 1.35 bits per heavy atom. The fraction of sp³-hybridized carbons (Fsp3) is 0.824. The summed E-state index contributed by atoms with van der Waals surface area (Å²) in [5.41, 5.74) is 1.39. The van der Waals surface area contributed by atoms with E-state index in [0.29, 0.717) is 12.1 Å². The zero-order chi connectivity index (χ0) is 17.7. The van der Waals surface area contributed by atoms with E-state index in [2.05, 4.69) is 80.1 Å². The van der Waals surface area contributed by atoms with Gasteiger partial charge in [-0.25, -0.2) is 0 Å². The smallest absolute Gasteiger partial charge is 0.180 e. The molecule has 0 N–H and O–H groups in total.